The van der Waals surface area contributed by atoms with Gasteiger partial charge in [0.25, 0.3) is 0 Å². The van der Waals surface area contributed by atoms with Gasteiger partial charge in [-0.3, -0.25) is 4.79 Å². The SMILES string of the molecule is CC1CC(NC(=O)C(C)CCC2CCCCC2)CC(C)(C)C1. The lowest BCUT2D eigenvalue weighted by Gasteiger charge is -2.39. The fraction of sp³-hybridized carbons (Fsp3) is 0.950. The predicted octanol–water partition coefficient (Wildman–Crippen LogP) is 5.31. The van der Waals surface area contributed by atoms with Crippen LogP contribution in [0.5, 0.6) is 0 Å². The predicted molar refractivity (Wildman–Crippen MR) is 93.7 cm³/mol. The summed E-state index contributed by atoms with van der Waals surface area (Å²) in [6.07, 6.45) is 12.9. The monoisotopic (exact) mass is 307 g/mol. The first-order valence-electron chi connectivity index (χ1n) is 9.66. The molecule has 2 aliphatic carbocycles. The van der Waals surface area contributed by atoms with Crippen LogP contribution in [0.3, 0.4) is 0 Å². The smallest absolute Gasteiger partial charge is 0.223 e. The first-order chi connectivity index (χ1) is 10.4. The Kier molecular flexibility index (Phi) is 6.35. The van der Waals surface area contributed by atoms with Gasteiger partial charge in [-0.1, -0.05) is 59.8 Å². The topological polar surface area (TPSA) is 29.1 Å². The molecule has 0 bridgehead atoms. The van der Waals surface area contributed by atoms with Crippen molar-refractivity contribution < 1.29 is 4.79 Å². The minimum absolute atomic E-state index is 0.183. The van der Waals surface area contributed by atoms with E-state index in [0.29, 0.717) is 17.4 Å². The summed E-state index contributed by atoms with van der Waals surface area (Å²) in [4.78, 5) is 12.5. The van der Waals surface area contributed by atoms with Gasteiger partial charge < -0.3 is 5.32 Å². The number of carbonyl (C=O) groups excluding carboxylic acids is 1. The molecule has 22 heavy (non-hydrogen) atoms. The van der Waals surface area contributed by atoms with Crippen molar-refractivity contribution in [2.24, 2.45) is 23.2 Å². The summed E-state index contributed by atoms with van der Waals surface area (Å²) >= 11 is 0. The maximum Gasteiger partial charge on any atom is 0.223 e. The van der Waals surface area contributed by atoms with E-state index in [1.165, 1.54) is 44.9 Å². The van der Waals surface area contributed by atoms with Crippen LogP contribution < -0.4 is 5.32 Å². The summed E-state index contributed by atoms with van der Waals surface area (Å²) in [7, 11) is 0. The van der Waals surface area contributed by atoms with E-state index < -0.39 is 0 Å². The van der Waals surface area contributed by atoms with Crippen molar-refractivity contribution in [3.63, 3.8) is 0 Å². The highest BCUT2D eigenvalue weighted by Gasteiger charge is 2.33. The van der Waals surface area contributed by atoms with Crippen molar-refractivity contribution in [3.8, 4) is 0 Å². The van der Waals surface area contributed by atoms with Crippen LogP contribution in [0.1, 0.15) is 91.9 Å². The zero-order valence-electron chi connectivity index (χ0n) is 15.3. The maximum atomic E-state index is 12.5. The molecule has 2 rings (SSSR count). The average Bonchev–Trinajstić information content (AvgIpc) is 2.43. The minimum atomic E-state index is 0.183. The van der Waals surface area contributed by atoms with Gasteiger partial charge in [0.15, 0.2) is 0 Å². The summed E-state index contributed by atoms with van der Waals surface area (Å²) in [5.74, 6) is 2.09. The number of hydrogen-bond donors (Lipinski definition) is 1. The second-order valence-electron chi connectivity index (χ2n) is 9.10. The molecule has 0 saturated heterocycles. The zero-order valence-corrected chi connectivity index (χ0v) is 15.3. The summed E-state index contributed by atoms with van der Waals surface area (Å²) in [5, 5.41) is 3.35. The molecule has 2 heteroatoms. The van der Waals surface area contributed by atoms with Gasteiger partial charge in [0.2, 0.25) is 5.91 Å². The Hall–Kier alpha value is -0.530. The van der Waals surface area contributed by atoms with E-state index in [1.54, 1.807) is 0 Å². The highest BCUT2D eigenvalue weighted by Crippen LogP contribution is 2.38. The van der Waals surface area contributed by atoms with Gasteiger partial charge in [0.05, 0.1) is 0 Å². The lowest BCUT2D eigenvalue weighted by Crippen LogP contribution is -2.44. The van der Waals surface area contributed by atoms with Crippen molar-refractivity contribution in [2.45, 2.75) is 97.9 Å². The fourth-order valence-corrected chi connectivity index (χ4v) is 4.89. The Morgan fingerprint density at radius 2 is 1.86 bits per heavy atom. The molecule has 0 aromatic carbocycles. The van der Waals surface area contributed by atoms with E-state index in [9.17, 15) is 4.79 Å². The summed E-state index contributed by atoms with van der Waals surface area (Å²) < 4.78 is 0. The molecule has 2 aliphatic rings. The third kappa shape index (κ3) is 5.59. The van der Waals surface area contributed by atoms with Crippen molar-refractivity contribution in [1.82, 2.24) is 5.32 Å². The molecular formula is C20H37NO. The fourth-order valence-electron chi connectivity index (χ4n) is 4.89. The Morgan fingerprint density at radius 1 is 1.18 bits per heavy atom. The molecule has 1 N–H and O–H groups in total. The first-order valence-corrected chi connectivity index (χ1v) is 9.66. The largest absolute Gasteiger partial charge is 0.353 e. The van der Waals surface area contributed by atoms with Crippen LogP contribution in [0.25, 0.3) is 0 Å². The molecule has 2 fully saturated rings. The zero-order chi connectivity index (χ0) is 16.2. The molecule has 2 saturated carbocycles. The molecular weight excluding hydrogens is 270 g/mol. The Bertz CT molecular complexity index is 357. The van der Waals surface area contributed by atoms with Crippen LogP contribution in [0.15, 0.2) is 0 Å². The van der Waals surface area contributed by atoms with Gasteiger partial charge in [-0.15, -0.1) is 0 Å². The van der Waals surface area contributed by atoms with Gasteiger partial charge in [-0.05, 0) is 49.4 Å². The number of rotatable bonds is 5. The lowest BCUT2D eigenvalue weighted by atomic mass is 9.70. The third-order valence-corrected chi connectivity index (χ3v) is 5.91. The van der Waals surface area contributed by atoms with Gasteiger partial charge >= 0.3 is 0 Å². The third-order valence-electron chi connectivity index (χ3n) is 5.91. The molecule has 3 unspecified atom stereocenters. The highest BCUT2D eigenvalue weighted by atomic mass is 16.1. The Labute approximate surface area is 137 Å². The molecule has 128 valence electrons. The minimum Gasteiger partial charge on any atom is -0.353 e. The van der Waals surface area contributed by atoms with E-state index in [2.05, 4.69) is 33.0 Å². The van der Waals surface area contributed by atoms with E-state index in [-0.39, 0.29) is 5.92 Å². The second kappa shape index (κ2) is 7.84. The van der Waals surface area contributed by atoms with Gasteiger partial charge in [0, 0.05) is 12.0 Å². The standard InChI is InChI=1S/C20H37NO/c1-15-12-18(14-20(3,4)13-15)21-19(22)16(2)10-11-17-8-6-5-7-9-17/h15-18H,5-14H2,1-4H3,(H,21,22). The van der Waals surface area contributed by atoms with Crippen molar-refractivity contribution >= 4 is 5.91 Å². The number of nitrogens with one attached hydrogen (secondary N) is 1. The van der Waals surface area contributed by atoms with Crippen LogP contribution in [0.4, 0.5) is 0 Å². The van der Waals surface area contributed by atoms with Crippen LogP contribution in [-0.4, -0.2) is 11.9 Å². The molecule has 2 nitrogen and oxygen atoms in total. The molecule has 0 radical (unpaired) electrons. The van der Waals surface area contributed by atoms with E-state index >= 15 is 0 Å². The van der Waals surface area contributed by atoms with E-state index in [0.717, 1.165) is 31.1 Å². The molecule has 0 heterocycles. The van der Waals surface area contributed by atoms with Crippen molar-refractivity contribution in [2.75, 3.05) is 0 Å². The Morgan fingerprint density at radius 3 is 2.50 bits per heavy atom. The van der Waals surface area contributed by atoms with E-state index in [4.69, 9.17) is 0 Å². The lowest BCUT2D eigenvalue weighted by molar-refractivity contribution is -0.126. The van der Waals surface area contributed by atoms with Crippen LogP contribution in [-0.2, 0) is 4.79 Å². The van der Waals surface area contributed by atoms with Gasteiger partial charge in [0.1, 0.15) is 0 Å². The quantitative estimate of drug-likeness (QED) is 0.732. The normalized spacial score (nSPS) is 30.7. The summed E-state index contributed by atoms with van der Waals surface area (Å²) in [6, 6.07) is 0.392. The summed E-state index contributed by atoms with van der Waals surface area (Å²) in [5.41, 5.74) is 0.376. The second-order valence-corrected chi connectivity index (χ2v) is 9.10. The van der Waals surface area contributed by atoms with Crippen molar-refractivity contribution in [1.29, 1.82) is 0 Å². The number of hydrogen-bond acceptors (Lipinski definition) is 1. The van der Waals surface area contributed by atoms with Crippen LogP contribution in [0.2, 0.25) is 0 Å². The van der Waals surface area contributed by atoms with Gasteiger partial charge in [-0.25, -0.2) is 0 Å². The molecule has 1 amide bonds. The molecule has 0 aromatic heterocycles. The molecule has 3 atom stereocenters. The molecule has 0 aromatic rings. The van der Waals surface area contributed by atoms with Crippen molar-refractivity contribution in [3.05, 3.63) is 0 Å². The van der Waals surface area contributed by atoms with Crippen LogP contribution >= 0.6 is 0 Å². The first kappa shape index (κ1) is 17.8. The highest BCUT2D eigenvalue weighted by molar-refractivity contribution is 5.78. The van der Waals surface area contributed by atoms with Gasteiger partial charge in [-0.2, -0.15) is 0 Å². The average molecular weight is 308 g/mol. The van der Waals surface area contributed by atoms with Crippen LogP contribution in [0, 0.1) is 23.2 Å². The summed E-state index contributed by atoms with van der Waals surface area (Å²) in [6.45, 7) is 9.13. The van der Waals surface area contributed by atoms with E-state index in [1.807, 2.05) is 0 Å². The Balaban J connectivity index is 1.73. The molecule has 0 aliphatic heterocycles. The number of amides is 1. The molecule has 0 spiro atoms. The number of carbonyl (C=O) groups is 1. The maximum absolute atomic E-state index is 12.5.